The van der Waals surface area contributed by atoms with Gasteiger partial charge in [-0.1, -0.05) is 36.4 Å². The first-order valence-corrected chi connectivity index (χ1v) is 8.21. The first kappa shape index (κ1) is 17.5. The summed E-state index contributed by atoms with van der Waals surface area (Å²) in [5.41, 5.74) is 2.14. The Morgan fingerprint density at radius 3 is 2.65 bits per heavy atom. The second-order valence-electron chi connectivity index (χ2n) is 5.31. The number of carbonyl (C=O) groups excluding carboxylic acids is 1. The van der Waals surface area contributed by atoms with Crippen LogP contribution in [-0.4, -0.2) is 10.9 Å². The van der Waals surface area contributed by atoms with Crippen molar-refractivity contribution in [2.45, 2.75) is 0 Å². The summed E-state index contributed by atoms with van der Waals surface area (Å²) in [5, 5.41) is 6.59. The molecular weight excluding hydrogens is 350 g/mol. The van der Waals surface area contributed by atoms with Crippen molar-refractivity contribution in [2.75, 3.05) is 10.6 Å². The molecule has 0 bridgehead atoms. The Morgan fingerprint density at radius 1 is 1.08 bits per heavy atom. The van der Waals surface area contributed by atoms with Gasteiger partial charge in [0, 0.05) is 23.0 Å². The van der Waals surface area contributed by atoms with Crippen LogP contribution in [0, 0.1) is 0 Å². The van der Waals surface area contributed by atoms with E-state index >= 15 is 0 Å². The number of aromatic nitrogens is 1. The average molecular weight is 366 g/mol. The molecule has 0 aliphatic rings. The molecule has 1 heterocycles. The normalized spacial score (nSPS) is 10.0. The van der Waals surface area contributed by atoms with Gasteiger partial charge in [-0.25, -0.2) is 4.98 Å². The summed E-state index contributed by atoms with van der Waals surface area (Å²) in [6, 6.07) is 18.0. The molecular formula is C20H16ClN3O2. The zero-order valence-electron chi connectivity index (χ0n) is 13.8. The molecule has 6 heteroatoms. The summed E-state index contributed by atoms with van der Waals surface area (Å²) >= 11 is 5.97. The molecule has 0 aliphatic heterocycles. The van der Waals surface area contributed by atoms with E-state index in [-0.39, 0.29) is 5.91 Å². The second kappa shape index (κ2) is 8.18. The molecule has 3 aromatic rings. The van der Waals surface area contributed by atoms with Crippen molar-refractivity contribution in [3.05, 3.63) is 84.5 Å². The molecule has 0 aliphatic carbocycles. The number of anilines is 3. The number of hydrogen-bond acceptors (Lipinski definition) is 4. The van der Waals surface area contributed by atoms with Gasteiger partial charge in [0.05, 0.1) is 11.4 Å². The van der Waals surface area contributed by atoms with Crippen LogP contribution in [0.5, 0.6) is 11.6 Å². The largest absolute Gasteiger partial charge is 0.439 e. The Kier molecular flexibility index (Phi) is 5.51. The molecule has 0 radical (unpaired) electrons. The number of halogens is 1. The number of hydrogen-bond donors (Lipinski definition) is 2. The average Bonchev–Trinajstić information content (AvgIpc) is 2.63. The van der Waals surface area contributed by atoms with Gasteiger partial charge >= 0.3 is 0 Å². The zero-order chi connectivity index (χ0) is 18.4. The number of para-hydroxylation sites is 2. The van der Waals surface area contributed by atoms with E-state index in [0.29, 0.717) is 22.3 Å². The quantitative estimate of drug-likeness (QED) is 0.574. The number of benzene rings is 2. The first-order chi connectivity index (χ1) is 12.6. The molecule has 0 saturated heterocycles. The molecule has 0 atom stereocenters. The maximum atomic E-state index is 11.6. The Hall–Kier alpha value is -3.31. The van der Waals surface area contributed by atoms with Gasteiger partial charge in [-0.05, 0) is 42.5 Å². The van der Waals surface area contributed by atoms with Gasteiger partial charge in [0.25, 0.3) is 0 Å². The number of nitrogens with zero attached hydrogens (tertiary/aromatic N) is 1. The summed E-state index contributed by atoms with van der Waals surface area (Å²) < 4.78 is 5.73. The highest BCUT2D eigenvalue weighted by atomic mass is 35.5. The number of carbonyl (C=O) groups is 1. The van der Waals surface area contributed by atoms with E-state index in [1.165, 1.54) is 6.08 Å². The maximum absolute atomic E-state index is 11.6. The molecule has 0 saturated carbocycles. The van der Waals surface area contributed by atoms with Crippen LogP contribution in [-0.2, 0) is 4.79 Å². The highest BCUT2D eigenvalue weighted by molar-refractivity contribution is 6.30. The molecule has 0 unspecified atom stereocenters. The first-order valence-electron chi connectivity index (χ1n) is 7.83. The number of nitrogens with one attached hydrogen (secondary N) is 2. The van der Waals surface area contributed by atoms with Gasteiger partial charge in [0.15, 0.2) is 0 Å². The second-order valence-corrected chi connectivity index (χ2v) is 5.74. The maximum Gasteiger partial charge on any atom is 0.247 e. The van der Waals surface area contributed by atoms with E-state index < -0.39 is 0 Å². The molecule has 1 amide bonds. The molecule has 2 N–H and O–H groups in total. The predicted octanol–water partition coefficient (Wildman–Crippen LogP) is 5.40. The van der Waals surface area contributed by atoms with Gasteiger partial charge in [0.1, 0.15) is 5.75 Å². The lowest BCUT2D eigenvalue weighted by Crippen LogP contribution is -2.09. The van der Waals surface area contributed by atoms with E-state index in [4.69, 9.17) is 16.3 Å². The van der Waals surface area contributed by atoms with Crippen LogP contribution in [0.3, 0.4) is 0 Å². The summed E-state index contributed by atoms with van der Waals surface area (Å²) in [4.78, 5) is 15.8. The van der Waals surface area contributed by atoms with Gasteiger partial charge in [-0.15, -0.1) is 0 Å². The van der Waals surface area contributed by atoms with E-state index in [1.807, 2.05) is 18.2 Å². The van der Waals surface area contributed by atoms with Crippen LogP contribution in [0.1, 0.15) is 0 Å². The van der Waals surface area contributed by atoms with Gasteiger partial charge in [-0.2, -0.15) is 0 Å². The fourth-order valence-electron chi connectivity index (χ4n) is 2.23. The number of ether oxygens (including phenoxy) is 1. The third-order valence-electron chi connectivity index (χ3n) is 3.40. The molecule has 3 rings (SSSR count). The van der Waals surface area contributed by atoms with Crippen LogP contribution in [0.15, 0.2) is 79.5 Å². The number of rotatable bonds is 6. The summed E-state index contributed by atoms with van der Waals surface area (Å²) in [7, 11) is 0. The Labute approximate surface area is 156 Å². The van der Waals surface area contributed by atoms with Gasteiger partial charge < -0.3 is 15.4 Å². The van der Waals surface area contributed by atoms with Crippen LogP contribution in [0.25, 0.3) is 0 Å². The fourth-order valence-corrected chi connectivity index (χ4v) is 2.41. The van der Waals surface area contributed by atoms with Crippen LogP contribution in [0.2, 0.25) is 5.02 Å². The highest BCUT2D eigenvalue weighted by Crippen LogP contribution is 2.28. The molecule has 5 nitrogen and oxygen atoms in total. The van der Waals surface area contributed by atoms with Crippen molar-refractivity contribution in [3.63, 3.8) is 0 Å². The third kappa shape index (κ3) is 4.62. The van der Waals surface area contributed by atoms with Crippen molar-refractivity contribution >= 4 is 34.6 Å². The summed E-state index contributed by atoms with van der Waals surface area (Å²) in [6.07, 6.45) is 2.85. The van der Waals surface area contributed by atoms with Crippen molar-refractivity contribution in [1.82, 2.24) is 4.98 Å². The highest BCUT2D eigenvalue weighted by Gasteiger charge is 2.06. The molecule has 26 heavy (non-hydrogen) atoms. The van der Waals surface area contributed by atoms with Gasteiger partial charge in [0.2, 0.25) is 11.8 Å². The van der Waals surface area contributed by atoms with Crippen LogP contribution in [0.4, 0.5) is 17.1 Å². The number of pyridine rings is 1. The minimum Gasteiger partial charge on any atom is -0.439 e. The Bertz CT molecular complexity index is 944. The van der Waals surface area contributed by atoms with Crippen molar-refractivity contribution in [1.29, 1.82) is 0 Å². The topological polar surface area (TPSA) is 63.2 Å². The number of amides is 1. The Morgan fingerprint density at radius 2 is 1.88 bits per heavy atom. The van der Waals surface area contributed by atoms with Crippen molar-refractivity contribution in [3.8, 4) is 11.6 Å². The molecule has 0 spiro atoms. The Balaban J connectivity index is 1.79. The third-order valence-corrected chi connectivity index (χ3v) is 3.64. The fraction of sp³-hybridized carbons (Fsp3) is 0. The van der Waals surface area contributed by atoms with Crippen molar-refractivity contribution < 1.29 is 9.53 Å². The predicted molar refractivity (Wildman–Crippen MR) is 104 cm³/mol. The minimum absolute atomic E-state index is 0.279. The van der Waals surface area contributed by atoms with Crippen molar-refractivity contribution in [2.24, 2.45) is 0 Å². The summed E-state index contributed by atoms with van der Waals surface area (Å²) in [5.74, 6) is 0.740. The molecule has 130 valence electrons. The van der Waals surface area contributed by atoms with Crippen LogP contribution < -0.4 is 15.4 Å². The standard InChI is InChI=1S/C20H16ClN3O2/c1-2-19(25)24-18-9-4-3-8-17(18)23-15-10-11-22-20(13-15)26-16-7-5-6-14(21)12-16/h2-13H,1H2,(H,22,23)(H,24,25). The van der Waals surface area contributed by atoms with E-state index in [2.05, 4.69) is 22.2 Å². The molecule has 1 aromatic heterocycles. The molecule has 2 aromatic carbocycles. The van der Waals surface area contributed by atoms with E-state index in [0.717, 1.165) is 11.4 Å². The smallest absolute Gasteiger partial charge is 0.247 e. The summed E-state index contributed by atoms with van der Waals surface area (Å²) in [6.45, 7) is 3.46. The monoisotopic (exact) mass is 365 g/mol. The molecule has 0 fully saturated rings. The zero-order valence-corrected chi connectivity index (χ0v) is 14.5. The van der Waals surface area contributed by atoms with E-state index in [1.54, 1.807) is 48.7 Å². The lowest BCUT2D eigenvalue weighted by atomic mass is 10.2. The van der Waals surface area contributed by atoms with E-state index in [9.17, 15) is 4.79 Å². The van der Waals surface area contributed by atoms with Gasteiger partial charge in [-0.3, -0.25) is 4.79 Å². The lowest BCUT2D eigenvalue weighted by molar-refractivity contribution is -0.111. The lowest BCUT2D eigenvalue weighted by Gasteiger charge is -2.13. The minimum atomic E-state index is -0.279. The van der Waals surface area contributed by atoms with Crippen LogP contribution >= 0.6 is 11.6 Å². The SMILES string of the molecule is C=CC(=O)Nc1ccccc1Nc1ccnc(Oc2cccc(Cl)c2)c1.